The molecule has 0 aliphatic carbocycles. The lowest BCUT2D eigenvalue weighted by molar-refractivity contribution is 0.122. The molecule has 1 aliphatic rings. The summed E-state index contributed by atoms with van der Waals surface area (Å²) in [6.45, 7) is 2.78. The van der Waals surface area contributed by atoms with E-state index < -0.39 is 0 Å². The van der Waals surface area contributed by atoms with Crippen LogP contribution in [-0.2, 0) is 4.74 Å². The maximum absolute atomic E-state index is 13.5. The monoisotopic (exact) mass is 215 g/mol. The highest BCUT2D eigenvalue weighted by Gasteiger charge is 2.14. The second-order valence-electron chi connectivity index (χ2n) is 3.20. The van der Waals surface area contributed by atoms with Gasteiger partial charge in [-0.15, -0.1) is 0 Å². The Morgan fingerprint density at radius 2 is 2.00 bits per heavy atom. The highest BCUT2D eigenvalue weighted by Crippen LogP contribution is 2.23. The van der Waals surface area contributed by atoms with Crippen molar-refractivity contribution in [3.8, 4) is 0 Å². The SMILES string of the molecule is Fc1cc(Cl)ccc1N1CCOCC1. The van der Waals surface area contributed by atoms with Crippen LogP contribution >= 0.6 is 11.6 Å². The van der Waals surface area contributed by atoms with Gasteiger partial charge in [-0.1, -0.05) is 11.6 Å². The van der Waals surface area contributed by atoms with Crippen molar-refractivity contribution in [2.24, 2.45) is 0 Å². The summed E-state index contributed by atoms with van der Waals surface area (Å²) in [4.78, 5) is 1.97. The van der Waals surface area contributed by atoms with Gasteiger partial charge in [0.1, 0.15) is 5.82 Å². The lowest BCUT2D eigenvalue weighted by atomic mass is 10.2. The molecule has 1 fully saturated rings. The van der Waals surface area contributed by atoms with Gasteiger partial charge in [0.05, 0.1) is 18.9 Å². The molecule has 76 valence electrons. The number of anilines is 1. The fourth-order valence-corrected chi connectivity index (χ4v) is 1.70. The first-order valence-corrected chi connectivity index (χ1v) is 4.93. The minimum absolute atomic E-state index is 0.264. The number of ether oxygens (including phenoxy) is 1. The summed E-state index contributed by atoms with van der Waals surface area (Å²) in [6.07, 6.45) is 0. The summed E-state index contributed by atoms with van der Waals surface area (Å²) in [6, 6.07) is 4.75. The molecule has 4 heteroatoms. The van der Waals surface area contributed by atoms with Crippen LogP contribution < -0.4 is 4.90 Å². The van der Waals surface area contributed by atoms with Crippen molar-refractivity contribution in [3.63, 3.8) is 0 Å². The van der Waals surface area contributed by atoms with Crippen LogP contribution in [-0.4, -0.2) is 26.3 Å². The minimum atomic E-state index is -0.264. The number of hydrogen-bond acceptors (Lipinski definition) is 2. The molecule has 0 bridgehead atoms. The zero-order valence-electron chi connectivity index (χ0n) is 7.67. The van der Waals surface area contributed by atoms with E-state index in [0.29, 0.717) is 23.9 Å². The number of morpholine rings is 1. The van der Waals surface area contributed by atoms with Crippen molar-refractivity contribution < 1.29 is 9.13 Å². The summed E-state index contributed by atoms with van der Waals surface area (Å²) >= 11 is 5.67. The van der Waals surface area contributed by atoms with E-state index in [-0.39, 0.29) is 5.82 Å². The molecule has 1 saturated heterocycles. The Bertz CT molecular complexity index is 326. The van der Waals surface area contributed by atoms with Gasteiger partial charge in [0.15, 0.2) is 0 Å². The molecule has 2 nitrogen and oxygen atoms in total. The largest absolute Gasteiger partial charge is 0.378 e. The third-order valence-corrected chi connectivity index (χ3v) is 2.50. The molecule has 0 N–H and O–H groups in total. The van der Waals surface area contributed by atoms with Gasteiger partial charge in [0, 0.05) is 18.1 Å². The molecule has 0 saturated carbocycles. The Balaban J connectivity index is 2.22. The van der Waals surface area contributed by atoms with Crippen LogP contribution in [0.15, 0.2) is 18.2 Å². The standard InChI is InChI=1S/C10H11ClFNO/c11-8-1-2-10(9(12)7-8)13-3-5-14-6-4-13/h1-2,7H,3-6H2. The molecule has 2 rings (SSSR count). The van der Waals surface area contributed by atoms with Gasteiger partial charge in [0.25, 0.3) is 0 Å². The maximum Gasteiger partial charge on any atom is 0.147 e. The van der Waals surface area contributed by atoms with Gasteiger partial charge >= 0.3 is 0 Å². The Morgan fingerprint density at radius 3 is 2.64 bits per heavy atom. The molecule has 14 heavy (non-hydrogen) atoms. The predicted molar refractivity (Wildman–Crippen MR) is 54.4 cm³/mol. The molecule has 1 aromatic carbocycles. The first-order valence-electron chi connectivity index (χ1n) is 4.55. The summed E-state index contributed by atoms with van der Waals surface area (Å²) in [5.41, 5.74) is 0.609. The van der Waals surface area contributed by atoms with Crippen molar-refractivity contribution in [2.75, 3.05) is 31.2 Å². The summed E-state index contributed by atoms with van der Waals surface area (Å²) < 4.78 is 18.7. The van der Waals surface area contributed by atoms with Crippen molar-refractivity contribution in [1.29, 1.82) is 0 Å². The molecule has 1 heterocycles. The van der Waals surface area contributed by atoms with Gasteiger partial charge in [0.2, 0.25) is 0 Å². The number of hydrogen-bond donors (Lipinski definition) is 0. The molecule has 0 atom stereocenters. The highest BCUT2D eigenvalue weighted by molar-refractivity contribution is 6.30. The van der Waals surface area contributed by atoms with Crippen LogP contribution in [0.5, 0.6) is 0 Å². The van der Waals surface area contributed by atoms with Gasteiger partial charge in [-0.2, -0.15) is 0 Å². The first-order chi connectivity index (χ1) is 6.77. The van der Waals surface area contributed by atoms with Crippen LogP contribution in [0.2, 0.25) is 5.02 Å². The first kappa shape index (κ1) is 9.74. The van der Waals surface area contributed by atoms with E-state index in [1.54, 1.807) is 12.1 Å². The number of rotatable bonds is 1. The van der Waals surface area contributed by atoms with E-state index in [1.165, 1.54) is 6.07 Å². The molecule has 1 aliphatic heterocycles. The van der Waals surface area contributed by atoms with Crippen LogP contribution in [0.3, 0.4) is 0 Å². The summed E-state index contributed by atoms with van der Waals surface area (Å²) in [5, 5.41) is 0.430. The number of halogens is 2. The third kappa shape index (κ3) is 1.99. The van der Waals surface area contributed by atoms with Gasteiger partial charge in [-0.3, -0.25) is 0 Å². The maximum atomic E-state index is 13.5. The van der Waals surface area contributed by atoms with Gasteiger partial charge in [-0.25, -0.2) is 4.39 Å². The molecule has 0 spiro atoms. The number of nitrogens with zero attached hydrogens (tertiary/aromatic N) is 1. The van der Waals surface area contributed by atoms with Crippen LogP contribution in [0.4, 0.5) is 10.1 Å². The average molecular weight is 216 g/mol. The van der Waals surface area contributed by atoms with Gasteiger partial charge in [-0.05, 0) is 18.2 Å². The van der Waals surface area contributed by atoms with Crippen molar-refractivity contribution in [1.82, 2.24) is 0 Å². The van der Waals surface area contributed by atoms with Crippen LogP contribution in [0.1, 0.15) is 0 Å². The fourth-order valence-electron chi connectivity index (χ4n) is 1.54. The highest BCUT2D eigenvalue weighted by atomic mass is 35.5. The van der Waals surface area contributed by atoms with Crippen LogP contribution in [0, 0.1) is 5.82 Å². The second-order valence-corrected chi connectivity index (χ2v) is 3.63. The third-order valence-electron chi connectivity index (χ3n) is 2.26. The zero-order valence-corrected chi connectivity index (χ0v) is 8.43. The molecular weight excluding hydrogens is 205 g/mol. The Morgan fingerprint density at radius 1 is 1.29 bits per heavy atom. The van der Waals surface area contributed by atoms with Gasteiger partial charge < -0.3 is 9.64 Å². The Hall–Kier alpha value is -0.800. The molecule has 1 aromatic rings. The van der Waals surface area contributed by atoms with Crippen molar-refractivity contribution in [2.45, 2.75) is 0 Å². The topological polar surface area (TPSA) is 12.5 Å². The molecular formula is C10H11ClFNO. The Labute approximate surface area is 87.2 Å². The minimum Gasteiger partial charge on any atom is -0.378 e. The smallest absolute Gasteiger partial charge is 0.147 e. The van der Waals surface area contributed by atoms with Crippen molar-refractivity contribution >= 4 is 17.3 Å². The quantitative estimate of drug-likeness (QED) is 0.713. The predicted octanol–water partition coefficient (Wildman–Crippen LogP) is 2.32. The Kier molecular flexibility index (Phi) is 2.89. The lowest BCUT2D eigenvalue weighted by Gasteiger charge is -2.29. The van der Waals surface area contributed by atoms with E-state index in [2.05, 4.69) is 0 Å². The average Bonchev–Trinajstić information content (AvgIpc) is 2.19. The molecule has 0 radical (unpaired) electrons. The summed E-state index contributed by atoms with van der Waals surface area (Å²) in [7, 11) is 0. The van der Waals surface area contributed by atoms with Crippen LogP contribution in [0.25, 0.3) is 0 Å². The van der Waals surface area contributed by atoms with E-state index >= 15 is 0 Å². The zero-order chi connectivity index (χ0) is 9.97. The van der Waals surface area contributed by atoms with E-state index in [9.17, 15) is 4.39 Å². The molecule has 0 amide bonds. The number of benzene rings is 1. The van der Waals surface area contributed by atoms with E-state index in [1.807, 2.05) is 4.90 Å². The summed E-state index contributed by atoms with van der Waals surface area (Å²) in [5.74, 6) is -0.264. The molecule has 0 aromatic heterocycles. The van der Waals surface area contributed by atoms with E-state index in [4.69, 9.17) is 16.3 Å². The fraction of sp³-hybridized carbons (Fsp3) is 0.400. The second kappa shape index (κ2) is 4.15. The molecule has 0 unspecified atom stereocenters. The normalized spacial score (nSPS) is 17.1. The van der Waals surface area contributed by atoms with Crippen molar-refractivity contribution in [3.05, 3.63) is 29.0 Å². The lowest BCUT2D eigenvalue weighted by Crippen LogP contribution is -2.36. The van der Waals surface area contributed by atoms with E-state index in [0.717, 1.165) is 13.1 Å².